The average molecular weight is 207 g/mol. The molecule has 1 aromatic heterocycles. The van der Waals surface area contributed by atoms with Crippen LogP contribution in [0, 0.1) is 0 Å². The lowest BCUT2D eigenvalue weighted by molar-refractivity contribution is 0.481. The van der Waals surface area contributed by atoms with E-state index >= 15 is 0 Å². The molecule has 0 aliphatic heterocycles. The lowest BCUT2D eigenvalue weighted by Gasteiger charge is -2.04. The number of fused-ring (bicyclic) bond motifs is 1. The minimum Gasteiger partial charge on any atom is -0.507 e. The zero-order valence-corrected chi connectivity index (χ0v) is 8.84. The van der Waals surface area contributed by atoms with Crippen LogP contribution in [0.4, 0.5) is 0 Å². The lowest BCUT2D eigenvalue weighted by atomic mass is 10.1. The number of benzene rings is 1. The molecule has 0 bridgehead atoms. The summed E-state index contributed by atoms with van der Waals surface area (Å²) >= 11 is 1.65. The molecule has 1 aromatic carbocycles. The monoisotopic (exact) mass is 207 g/mol. The Morgan fingerprint density at radius 2 is 2.29 bits per heavy atom. The van der Waals surface area contributed by atoms with Gasteiger partial charge in [-0.2, -0.15) is 0 Å². The first-order valence-corrected chi connectivity index (χ1v) is 5.50. The van der Waals surface area contributed by atoms with E-state index in [2.05, 4.69) is 5.38 Å². The Bertz CT molecular complexity index is 447. The van der Waals surface area contributed by atoms with Gasteiger partial charge in [0.2, 0.25) is 0 Å². The predicted molar refractivity (Wildman–Crippen MR) is 60.8 cm³/mol. The second-order valence-corrected chi connectivity index (χ2v) is 4.50. The Kier molecular flexibility index (Phi) is 2.44. The lowest BCUT2D eigenvalue weighted by Crippen LogP contribution is -2.17. The molecule has 0 amide bonds. The number of aromatic hydroxyl groups is 1. The van der Waals surface area contributed by atoms with Crippen LogP contribution in [0.3, 0.4) is 0 Å². The maximum Gasteiger partial charge on any atom is 0.124 e. The molecule has 3 N–H and O–H groups in total. The highest BCUT2D eigenvalue weighted by atomic mass is 32.1. The van der Waals surface area contributed by atoms with Gasteiger partial charge in [0.15, 0.2) is 0 Å². The zero-order valence-electron chi connectivity index (χ0n) is 8.03. The fourth-order valence-corrected chi connectivity index (χ4v) is 2.63. The number of phenols is 1. The van der Waals surface area contributed by atoms with Crippen molar-refractivity contribution in [1.29, 1.82) is 0 Å². The van der Waals surface area contributed by atoms with Gasteiger partial charge in [0.25, 0.3) is 0 Å². The van der Waals surface area contributed by atoms with Crippen LogP contribution >= 0.6 is 11.3 Å². The molecule has 0 saturated carbocycles. The fraction of sp³-hybridized carbons (Fsp3) is 0.273. The van der Waals surface area contributed by atoms with Crippen molar-refractivity contribution in [2.75, 3.05) is 0 Å². The van der Waals surface area contributed by atoms with E-state index in [0.29, 0.717) is 5.75 Å². The number of thiophene rings is 1. The van der Waals surface area contributed by atoms with Crippen LogP contribution in [0.2, 0.25) is 0 Å². The minimum atomic E-state index is 0.132. The Hall–Kier alpha value is -1.06. The van der Waals surface area contributed by atoms with E-state index in [0.717, 1.165) is 22.1 Å². The normalized spacial score (nSPS) is 13.3. The summed E-state index contributed by atoms with van der Waals surface area (Å²) in [6.45, 7) is 1.98. The summed E-state index contributed by atoms with van der Waals surface area (Å²) < 4.78 is 1.13. The Morgan fingerprint density at radius 3 is 3.00 bits per heavy atom. The van der Waals surface area contributed by atoms with Gasteiger partial charge in [0, 0.05) is 16.1 Å². The number of phenolic OH excluding ortho intramolecular Hbond substituents is 1. The van der Waals surface area contributed by atoms with Crippen LogP contribution in [0.5, 0.6) is 5.75 Å². The smallest absolute Gasteiger partial charge is 0.124 e. The number of rotatable bonds is 2. The van der Waals surface area contributed by atoms with E-state index in [1.54, 1.807) is 17.4 Å². The first-order valence-electron chi connectivity index (χ1n) is 4.62. The molecule has 74 valence electrons. The molecule has 0 saturated heterocycles. The second-order valence-electron chi connectivity index (χ2n) is 3.59. The number of hydrogen-bond donors (Lipinski definition) is 2. The van der Waals surface area contributed by atoms with E-state index in [4.69, 9.17) is 5.73 Å². The SMILES string of the molecule is CC(N)Cc1csc2cccc(O)c12. The van der Waals surface area contributed by atoms with Gasteiger partial charge in [0.1, 0.15) is 5.75 Å². The summed E-state index contributed by atoms with van der Waals surface area (Å²) in [6, 6.07) is 5.74. The van der Waals surface area contributed by atoms with Crippen LogP contribution < -0.4 is 5.73 Å². The predicted octanol–water partition coefficient (Wildman–Crippen LogP) is 2.50. The standard InChI is InChI=1S/C11H13NOS/c1-7(12)5-8-6-14-10-4-2-3-9(13)11(8)10/h2-4,6-7,13H,5,12H2,1H3. The van der Waals surface area contributed by atoms with Crippen LogP contribution in [0.25, 0.3) is 10.1 Å². The summed E-state index contributed by atoms with van der Waals surface area (Å²) in [5.74, 6) is 0.361. The Balaban J connectivity index is 2.55. The van der Waals surface area contributed by atoms with Gasteiger partial charge in [0.05, 0.1) is 0 Å². The summed E-state index contributed by atoms with van der Waals surface area (Å²) in [4.78, 5) is 0. The molecule has 0 radical (unpaired) electrons. The molecule has 1 unspecified atom stereocenters. The van der Waals surface area contributed by atoms with Crippen molar-refractivity contribution >= 4 is 21.4 Å². The molecule has 0 aliphatic rings. The highest BCUT2D eigenvalue weighted by Crippen LogP contribution is 2.33. The summed E-state index contributed by atoms with van der Waals surface area (Å²) in [7, 11) is 0. The third kappa shape index (κ3) is 1.61. The molecule has 1 heterocycles. The molecule has 1 atom stereocenters. The third-order valence-electron chi connectivity index (χ3n) is 2.20. The summed E-state index contributed by atoms with van der Waals surface area (Å²) in [6.07, 6.45) is 0.817. The maximum absolute atomic E-state index is 9.72. The van der Waals surface area contributed by atoms with Crippen molar-refractivity contribution in [2.24, 2.45) is 5.73 Å². The van der Waals surface area contributed by atoms with E-state index in [-0.39, 0.29) is 6.04 Å². The van der Waals surface area contributed by atoms with E-state index in [1.807, 2.05) is 19.1 Å². The van der Waals surface area contributed by atoms with Gasteiger partial charge in [-0.1, -0.05) is 6.07 Å². The van der Waals surface area contributed by atoms with Crippen LogP contribution in [0.1, 0.15) is 12.5 Å². The molecule has 2 nitrogen and oxygen atoms in total. The van der Waals surface area contributed by atoms with Crippen molar-refractivity contribution < 1.29 is 5.11 Å². The van der Waals surface area contributed by atoms with Gasteiger partial charge >= 0.3 is 0 Å². The highest BCUT2D eigenvalue weighted by Gasteiger charge is 2.09. The largest absolute Gasteiger partial charge is 0.507 e. The van der Waals surface area contributed by atoms with Gasteiger partial charge in [-0.25, -0.2) is 0 Å². The van der Waals surface area contributed by atoms with E-state index in [1.165, 1.54) is 0 Å². The Morgan fingerprint density at radius 1 is 1.50 bits per heavy atom. The van der Waals surface area contributed by atoms with Gasteiger partial charge in [-0.05, 0) is 36.4 Å². The van der Waals surface area contributed by atoms with E-state index < -0.39 is 0 Å². The summed E-state index contributed by atoms with van der Waals surface area (Å²) in [5, 5.41) is 12.8. The molecule has 0 spiro atoms. The zero-order chi connectivity index (χ0) is 10.1. The first kappa shape index (κ1) is 9.49. The molecule has 0 aliphatic carbocycles. The van der Waals surface area contributed by atoms with Crippen LogP contribution in [-0.2, 0) is 6.42 Å². The first-order chi connectivity index (χ1) is 6.68. The van der Waals surface area contributed by atoms with Crippen molar-refractivity contribution in [3.05, 3.63) is 29.1 Å². The highest BCUT2D eigenvalue weighted by molar-refractivity contribution is 7.17. The number of hydrogen-bond acceptors (Lipinski definition) is 3. The molecule has 14 heavy (non-hydrogen) atoms. The average Bonchev–Trinajstić information content (AvgIpc) is 2.49. The van der Waals surface area contributed by atoms with Gasteiger partial charge in [-0.3, -0.25) is 0 Å². The molecule has 2 aromatic rings. The van der Waals surface area contributed by atoms with Crippen molar-refractivity contribution in [2.45, 2.75) is 19.4 Å². The van der Waals surface area contributed by atoms with Crippen molar-refractivity contribution in [1.82, 2.24) is 0 Å². The minimum absolute atomic E-state index is 0.132. The van der Waals surface area contributed by atoms with Crippen molar-refractivity contribution in [3.63, 3.8) is 0 Å². The Labute approximate surface area is 87.0 Å². The topological polar surface area (TPSA) is 46.2 Å². The van der Waals surface area contributed by atoms with Crippen LogP contribution in [-0.4, -0.2) is 11.1 Å². The van der Waals surface area contributed by atoms with Crippen LogP contribution in [0.15, 0.2) is 23.6 Å². The second kappa shape index (κ2) is 3.59. The van der Waals surface area contributed by atoms with Gasteiger partial charge in [-0.15, -0.1) is 11.3 Å². The molecule has 0 fully saturated rings. The molecule has 3 heteroatoms. The number of nitrogens with two attached hydrogens (primary N) is 1. The molecular formula is C11H13NOS. The maximum atomic E-state index is 9.72. The van der Waals surface area contributed by atoms with E-state index in [9.17, 15) is 5.11 Å². The van der Waals surface area contributed by atoms with Crippen molar-refractivity contribution in [3.8, 4) is 5.75 Å². The fourth-order valence-electron chi connectivity index (χ4n) is 1.63. The van der Waals surface area contributed by atoms with Gasteiger partial charge < -0.3 is 10.8 Å². The summed E-state index contributed by atoms with van der Waals surface area (Å²) in [5.41, 5.74) is 6.90. The molecular weight excluding hydrogens is 194 g/mol. The molecule has 2 rings (SSSR count). The third-order valence-corrected chi connectivity index (χ3v) is 3.19. The quantitative estimate of drug-likeness (QED) is 0.794.